The highest BCUT2D eigenvalue weighted by atomic mass is 32.2. The number of nitrogens with one attached hydrogen (secondary N) is 1. The lowest BCUT2D eigenvalue weighted by molar-refractivity contribution is 0.0579. The summed E-state index contributed by atoms with van der Waals surface area (Å²) < 4.78 is 25.0. The Kier molecular flexibility index (Phi) is 4.84. The largest absolute Gasteiger partial charge is 0.328 e. The van der Waals surface area contributed by atoms with E-state index in [9.17, 15) is 18.5 Å². The number of pyridine rings is 2. The summed E-state index contributed by atoms with van der Waals surface area (Å²) >= 11 is 0. The lowest BCUT2D eigenvalue weighted by Crippen LogP contribution is -2.64. The quantitative estimate of drug-likeness (QED) is 0.478. The van der Waals surface area contributed by atoms with Crippen LogP contribution in [0.1, 0.15) is 6.42 Å². The van der Waals surface area contributed by atoms with Crippen LogP contribution in [0, 0.1) is 11.3 Å². The first-order valence-electron chi connectivity index (χ1n) is 10.1. The Morgan fingerprint density at radius 2 is 2.03 bits per heavy atom. The second kappa shape index (κ2) is 7.61. The average Bonchev–Trinajstić information content (AvgIpc) is 3.25. The smallest absolute Gasteiger partial charge is 0.247 e. The van der Waals surface area contributed by atoms with Crippen molar-refractivity contribution in [1.82, 2.24) is 29.3 Å². The van der Waals surface area contributed by atoms with Gasteiger partial charge in [0, 0.05) is 42.5 Å². The molecule has 1 fully saturated rings. The minimum atomic E-state index is -3.36. The van der Waals surface area contributed by atoms with Crippen LogP contribution in [0.2, 0.25) is 0 Å². The summed E-state index contributed by atoms with van der Waals surface area (Å²) in [5.41, 5.74) is 2.80. The lowest BCUT2D eigenvalue weighted by Gasteiger charge is -2.46. The van der Waals surface area contributed by atoms with Gasteiger partial charge in [-0.3, -0.25) is 9.78 Å². The molecule has 0 spiro atoms. The molecule has 0 unspecified atom stereocenters. The van der Waals surface area contributed by atoms with E-state index in [1.165, 1.54) is 15.2 Å². The summed E-state index contributed by atoms with van der Waals surface area (Å²) in [7, 11) is -3.36. The zero-order chi connectivity index (χ0) is 23.2. The van der Waals surface area contributed by atoms with E-state index in [1.807, 2.05) is 24.3 Å². The summed E-state index contributed by atoms with van der Waals surface area (Å²) in [5.74, 6) is 0. The fourth-order valence-corrected chi connectivity index (χ4v) is 5.02. The van der Waals surface area contributed by atoms with Crippen LogP contribution in [0.4, 0.5) is 0 Å². The van der Waals surface area contributed by atoms with Gasteiger partial charge in [-0.2, -0.15) is 24.6 Å². The van der Waals surface area contributed by atoms with Gasteiger partial charge in [0.15, 0.2) is 0 Å². The summed E-state index contributed by atoms with van der Waals surface area (Å²) in [4.78, 5) is 20.1. The molecule has 1 aliphatic heterocycles. The van der Waals surface area contributed by atoms with Crippen LogP contribution in [0.25, 0.3) is 33.3 Å². The van der Waals surface area contributed by atoms with E-state index >= 15 is 0 Å². The zero-order valence-corrected chi connectivity index (χ0v) is 18.5. The second-order valence-electron chi connectivity index (χ2n) is 8.15. The number of sulfonamides is 1. The summed E-state index contributed by atoms with van der Waals surface area (Å²) in [6.45, 7) is 0.292. The van der Waals surface area contributed by atoms with Crippen molar-refractivity contribution in [3.63, 3.8) is 0 Å². The standard InChI is InChI=1S/C22H19N7O3S/c1-33(31,32)28-13-22(14-28,6-7-23)29-26-12-20(27-29)18-9-16(15-4-5-21(30)25-11-15)10-19-17(18)3-2-8-24-19/h2-5,8-12H,6,13-14H2,1H3,(H,25,30). The number of hydrogen-bond donors (Lipinski definition) is 1. The van der Waals surface area contributed by atoms with Gasteiger partial charge in [0.25, 0.3) is 0 Å². The topological polar surface area (TPSA) is 138 Å². The fraction of sp³-hybridized carbons (Fsp3) is 0.227. The number of nitriles is 1. The molecule has 5 rings (SSSR count). The molecule has 0 atom stereocenters. The predicted octanol–water partition coefficient (Wildman–Crippen LogP) is 1.73. The SMILES string of the molecule is CS(=O)(=O)N1CC(CC#N)(n2ncc(-c3cc(-c4ccc(=O)[nH]c4)cc4ncccc34)n2)C1. The fourth-order valence-electron chi connectivity index (χ4n) is 4.07. The van der Waals surface area contributed by atoms with Crippen LogP contribution in [-0.2, 0) is 15.6 Å². The van der Waals surface area contributed by atoms with E-state index in [1.54, 1.807) is 24.7 Å². The average molecular weight is 462 g/mol. The number of H-pyrrole nitrogens is 1. The number of nitrogens with zero attached hydrogens (tertiary/aromatic N) is 6. The van der Waals surface area contributed by atoms with Gasteiger partial charge in [0.1, 0.15) is 11.2 Å². The summed E-state index contributed by atoms with van der Waals surface area (Å²) in [5, 5.41) is 19.3. The molecule has 0 aliphatic carbocycles. The molecule has 33 heavy (non-hydrogen) atoms. The van der Waals surface area contributed by atoms with E-state index in [-0.39, 0.29) is 25.1 Å². The van der Waals surface area contributed by atoms with E-state index in [2.05, 4.69) is 26.2 Å². The Labute approximate surface area is 189 Å². The molecule has 4 aromatic rings. The third-order valence-electron chi connectivity index (χ3n) is 5.85. The molecule has 4 heterocycles. The maximum absolute atomic E-state index is 11.9. The molecule has 10 nitrogen and oxygen atoms in total. The number of aromatic nitrogens is 5. The summed E-state index contributed by atoms with van der Waals surface area (Å²) in [6.07, 6.45) is 6.19. The van der Waals surface area contributed by atoms with Gasteiger partial charge < -0.3 is 4.98 Å². The first-order chi connectivity index (χ1) is 15.8. The Hall–Kier alpha value is -3.88. The number of benzene rings is 1. The van der Waals surface area contributed by atoms with Crippen LogP contribution in [0.5, 0.6) is 0 Å². The van der Waals surface area contributed by atoms with E-state index < -0.39 is 15.6 Å². The van der Waals surface area contributed by atoms with E-state index in [0.717, 1.165) is 33.8 Å². The van der Waals surface area contributed by atoms with Crippen LogP contribution < -0.4 is 5.56 Å². The minimum Gasteiger partial charge on any atom is -0.328 e. The van der Waals surface area contributed by atoms with Crippen molar-refractivity contribution in [2.75, 3.05) is 19.3 Å². The Bertz CT molecular complexity index is 1560. The van der Waals surface area contributed by atoms with Gasteiger partial charge in [-0.05, 0) is 35.4 Å². The molecule has 1 aliphatic rings. The predicted molar refractivity (Wildman–Crippen MR) is 121 cm³/mol. The van der Waals surface area contributed by atoms with Crippen LogP contribution in [0.15, 0.2) is 59.8 Å². The Morgan fingerprint density at radius 3 is 2.73 bits per heavy atom. The van der Waals surface area contributed by atoms with Gasteiger partial charge in [0.2, 0.25) is 15.6 Å². The van der Waals surface area contributed by atoms with Crippen molar-refractivity contribution in [3.05, 3.63) is 65.3 Å². The molecule has 166 valence electrons. The highest BCUT2D eigenvalue weighted by Crippen LogP contribution is 2.36. The van der Waals surface area contributed by atoms with Gasteiger partial charge in [-0.1, -0.05) is 6.07 Å². The van der Waals surface area contributed by atoms with E-state index in [0.29, 0.717) is 5.69 Å². The van der Waals surface area contributed by atoms with Crippen molar-refractivity contribution in [3.8, 4) is 28.5 Å². The molecule has 3 aromatic heterocycles. The highest BCUT2D eigenvalue weighted by molar-refractivity contribution is 7.88. The first-order valence-corrected chi connectivity index (χ1v) is 12.0. The minimum absolute atomic E-state index is 0.0901. The zero-order valence-electron chi connectivity index (χ0n) is 17.6. The molecule has 11 heteroatoms. The van der Waals surface area contributed by atoms with E-state index in [4.69, 9.17) is 0 Å². The maximum Gasteiger partial charge on any atom is 0.247 e. The van der Waals surface area contributed by atoms with Gasteiger partial charge in [0.05, 0.1) is 30.5 Å². The highest BCUT2D eigenvalue weighted by Gasteiger charge is 2.50. The molecule has 1 aromatic carbocycles. The second-order valence-corrected chi connectivity index (χ2v) is 10.1. The molecular weight excluding hydrogens is 442 g/mol. The van der Waals surface area contributed by atoms with Crippen LogP contribution in [-0.4, -0.2) is 57.0 Å². The first kappa shape index (κ1) is 21.0. The Morgan fingerprint density at radius 1 is 1.21 bits per heavy atom. The van der Waals surface area contributed by atoms with Crippen molar-refractivity contribution < 1.29 is 8.42 Å². The number of rotatable bonds is 5. The number of hydrogen-bond acceptors (Lipinski definition) is 7. The number of fused-ring (bicyclic) bond motifs is 1. The third kappa shape index (κ3) is 3.69. The number of aromatic amines is 1. The van der Waals surface area contributed by atoms with Gasteiger partial charge in [-0.15, -0.1) is 0 Å². The molecule has 1 saturated heterocycles. The monoisotopic (exact) mass is 461 g/mol. The van der Waals surface area contributed by atoms with Crippen molar-refractivity contribution in [2.45, 2.75) is 12.0 Å². The molecular formula is C22H19N7O3S. The van der Waals surface area contributed by atoms with Crippen molar-refractivity contribution >= 4 is 20.9 Å². The molecule has 0 saturated carbocycles. The van der Waals surface area contributed by atoms with Crippen molar-refractivity contribution in [1.29, 1.82) is 5.26 Å². The van der Waals surface area contributed by atoms with Crippen molar-refractivity contribution in [2.24, 2.45) is 0 Å². The van der Waals surface area contributed by atoms with Gasteiger partial charge >= 0.3 is 0 Å². The molecule has 0 bridgehead atoms. The van der Waals surface area contributed by atoms with Gasteiger partial charge in [-0.25, -0.2) is 8.42 Å². The lowest BCUT2D eigenvalue weighted by atomic mass is 9.90. The molecule has 1 N–H and O–H groups in total. The van der Waals surface area contributed by atoms with Crippen LogP contribution >= 0.6 is 0 Å². The van der Waals surface area contributed by atoms with Crippen LogP contribution in [0.3, 0.4) is 0 Å². The summed E-state index contributed by atoms with van der Waals surface area (Å²) in [6, 6.07) is 13.0. The third-order valence-corrected chi connectivity index (χ3v) is 7.05. The maximum atomic E-state index is 11.9. The normalized spacial score (nSPS) is 15.8. The molecule has 0 radical (unpaired) electrons. The molecule has 0 amide bonds. The Balaban J connectivity index is 1.60.